The number of carboxylic acids is 1. The number of rotatable bonds is 2. The molecule has 0 radical (unpaired) electrons. The number of benzene rings is 1. The van der Waals surface area contributed by atoms with Gasteiger partial charge in [0.05, 0.1) is 5.92 Å². The molecule has 1 fully saturated rings. The van der Waals surface area contributed by atoms with Gasteiger partial charge in [0.2, 0.25) is 0 Å². The molecule has 1 N–H and O–H groups in total. The van der Waals surface area contributed by atoms with Crippen molar-refractivity contribution in [3.63, 3.8) is 0 Å². The van der Waals surface area contributed by atoms with Crippen LogP contribution in [0.15, 0.2) is 18.2 Å². The van der Waals surface area contributed by atoms with E-state index in [0.29, 0.717) is 6.42 Å². The zero-order chi connectivity index (χ0) is 11.2. The Morgan fingerprint density at radius 1 is 1.47 bits per heavy atom. The fourth-order valence-corrected chi connectivity index (χ4v) is 2.04. The van der Waals surface area contributed by atoms with E-state index in [-0.39, 0.29) is 5.56 Å². The molecule has 1 aliphatic carbocycles. The Labute approximate surface area is 85.5 Å². The summed E-state index contributed by atoms with van der Waals surface area (Å²) in [6.45, 7) is 1.58. The van der Waals surface area contributed by atoms with Gasteiger partial charge in [-0.2, -0.15) is 0 Å². The standard InChI is InChI=1S/C11H10F2O2/c1-11(5-6(11)10(14)15)9-7(12)3-2-4-8(9)13/h2-4,6H,5H2,1H3,(H,14,15)/t6-,11+/m0/s1. The summed E-state index contributed by atoms with van der Waals surface area (Å²) in [5, 5.41) is 8.79. The van der Waals surface area contributed by atoms with Crippen molar-refractivity contribution in [2.45, 2.75) is 18.8 Å². The number of halogens is 2. The van der Waals surface area contributed by atoms with Crippen molar-refractivity contribution < 1.29 is 18.7 Å². The van der Waals surface area contributed by atoms with Crippen LogP contribution in [0.3, 0.4) is 0 Å². The van der Waals surface area contributed by atoms with Gasteiger partial charge < -0.3 is 5.11 Å². The number of hydrogen-bond donors (Lipinski definition) is 1. The van der Waals surface area contributed by atoms with E-state index in [9.17, 15) is 13.6 Å². The fraction of sp³-hybridized carbons (Fsp3) is 0.364. The van der Waals surface area contributed by atoms with Crippen molar-refractivity contribution in [3.8, 4) is 0 Å². The highest BCUT2D eigenvalue weighted by Gasteiger charge is 2.58. The fourth-order valence-electron chi connectivity index (χ4n) is 2.04. The third-order valence-corrected chi connectivity index (χ3v) is 3.07. The van der Waals surface area contributed by atoms with Gasteiger partial charge in [-0.05, 0) is 18.6 Å². The van der Waals surface area contributed by atoms with E-state index in [0.717, 1.165) is 12.1 Å². The average Bonchev–Trinajstić information content (AvgIpc) is 2.78. The Bertz CT molecular complexity index is 410. The largest absolute Gasteiger partial charge is 0.481 e. The molecule has 1 aliphatic rings. The molecule has 0 aliphatic heterocycles. The molecule has 15 heavy (non-hydrogen) atoms. The monoisotopic (exact) mass is 212 g/mol. The summed E-state index contributed by atoms with van der Waals surface area (Å²) >= 11 is 0. The molecule has 1 aromatic carbocycles. The van der Waals surface area contributed by atoms with Gasteiger partial charge in [-0.3, -0.25) is 4.79 Å². The van der Waals surface area contributed by atoms with Crippen LogP contribution in [-0.2, 0) is 10.2 Å². The Kier molecular flexibility index (Phi) is 2.03. The first kappa shape index (κ1) is 10.1. The van der Waals surface area contributed by atoms with Crippen LogP contribution in [0.2, 0.25) is 0 Å². The molecule has 0 amide bonds. The van der Waals surface area contributed by atoms with Crippen LogP contribution >= 0.6 is 0 Å². The molecular weight excluding hydrogens is 202 g/mol. The molecule has 0 saturated heterocycles. The van der Waals surface area contributed by atoms with Crippen LogP contribution < -0.4 is 0 Å². The molecule has 2 rings (SSSR count). The van der Waals surface area contributed by atoms with Crippen molar-refractivity contribution in [1.82, 2.24) is 0 Å². The lowest BCUT2D eigenvalue weighted by molar-refractivity contribution is -0.138. The predicted molar refractivity (Wildman–Crippen MR) is 49.5 cm³/mol. The summed E-state index contributed by atoms with van der Waals surface area (Å²) in [5.74, 6) is -3.01. The van der Waals surface area contributed by atoms with E-state index in [2.05, 4.69) is 0 Å². The molecule has 2 nitrogen and oxygen atoms in total. The minimum Gasteiger partial charge on any atom is -0.481 e. The minimum absolute atomic E-state index is 0.0996. The van der Waals surface area contributed by atoms with Gasteiger partial charge in [0.25, 0.3) is 0 Å². The van der Waals surface area contributed by atoms with Crippen LogP contribution in [0, 0.1) is 17.6 Å². The summed E-state index contributed by atoms with van der Waals surface area (Å²) in [6, 6.07) is 3.58. The Morgan fingerprint density at radius 2 is 2.00 bits per heavy atom. The summed E-state index contributed by atoms with van der Waals surface area (Å²) in [5.41, 5.74) is -0.987. The second kappa shape index (κ2) is 3.02. The lowest BCUT2D eigenvalue weighted by Gasteiger charge is -2.12. The first-order chi connectivity index (χ1) is 6.97. The van der Waals surface area contributed by atoms with Gasteiger partial charge >= 0.3 is 5.97 Å². The van der Waals surface area contributed by atoms with Crippen LogP contribution in [-0.4, -0.2) is 11.1 Å². The maximum atomic E-state index is 13.4. The Hall–Kier alpha value is -1.45. The van der Waals surface area contributed by atoms with Gasteiger partial charge in [0.1, 0.15) is 11.6 Å². The molecule has 0 unspecified atom stereocenters. The first-order valence-electron chi connectivity index (χ1n) is 4.64. The predicted octanol–water partition coefficient (Wildman–Crippen LogP) is 2.33. The van der Waals surface area contributed by atoms with Gasteiger partial charge in [-0.1, -0.05) is 13.0 Å². The molecule has 1 aromatic rings. The van der Waals surface area contributed by atoms with Gasteiger partial charge in [0.15, 0.2) is 0 Å². The molecule has 2 atom stereocenters. The lowest BCUT2D eigenvalue weighted by atomic mass is 9.94. The van der Waals surface area contributed by atoms with E-state index in [1.807, 2.05) is 0 Å². The van der Waals surface area contributed by atoms with E-state index in [4.69, 9.17) is 5.11 Å². The van der Waals surface area contributed by atoms with Crippen molar-refractivity contribution in [1.29, 1.82) is 0 Å². The summed E-state index contributed by atoms with van der Waals surface area (Å²) in [6.07, 6.45) is 0.292. The molecule has 1 saturated carbocycles. The van der Waals surface area contributed by atoms with Crippen LogP contribution in [0.4, 0.5) is 8.78 Å². The lowest BCUT2D eigenvalue weighted by Crippen LogP contribution is -2.14. The molecule has 0 heterocycles. The second-order valence-corrected chi connectivity index (χ2v) is 4.11. The minimum atomic E-state index is -1.000. The topological polar surface area (TPSA) is 37.3 Å². The number of hydrogen-bond acceptors (Lipinski definition) is 1. The second-order valence-electron chi connectivity index (χ2n) is 4.11. The molecule has 0 spiro atoms. The highest BCUT2D eigenvalue weighted by atomic mass is 19.1. The molecule has 0 bridgehead atoms. The smallest absolute Gasteiger partial charge is 0.307 e. The van der Waals surface area contributed by atoms with Gasteiger partial charge in [-0.25, -0.2) is 8.78 Å². The van der Waals surface area contributed by atoms with Gasteiger partial charge in [-0.15, -0.1) is 0 Å². The van der Waals surface area contributed by atoms with Crippen LogP contribution in [0.1, 0.15) is 18.9 Å². The zero-order valence-corrected chi connectivity index (χ0v) is 8.13. The first-order valence-corrected chi connectivity index (χ1v) is 4.64. The highest BCUT2D eigenvalue weighted by Crippen LogP contribution is 2.55. The molecule has 4 heteroatoms. The van der Waals surface area contributed by atoms with Crippen molar-refractivity contribution >= 4 is 5.97 Å². The Balaban J connectivity index is 2.44. The van der Waals surface area contributed by atoms with Crippen LogP contribution in [0.5, 0.6) is 0 Å². The van der Waals surface area contributed by atoms with E-state index in [1.54, 1.807) is 6.92 Å². The van der Waals surface area contributed by atoms with Gasteiger partial charge in [0, 0.05) is 11.0 Å². The zero-order valence-electron chi connectivity index (χ0n) is 8.13. The summed E-state index contributed by atoms with van der Waals surface area (Å²) < 4.78 is 26.8. The normalized spacial score (nSPS) is 28.9. The van der Waals surface area contributed by atoms with E-state index in [1.165, 1.54) is 6.07 Å². The quantitative estimate of drug-likeness (QED) is 0.816. The number of carbonyl (C=O) groups is 1. The highest BCUT2D eigenvalue weighted by molar-refractivity contribution is 5.77. The summed E-state index contributed by atoms with van der Waals surface area (Å²) in [4.78, 5) is 10.7. The van der Waals surface area contributed by atoms with E-state index >= 15 is 0 Å². The number of aliphatic carboxylic acids is 1. The van der Waals surface area contributed by atoms with E-state index < -0.39 is 28.9 Å². The van der Waals surface area contributed by atoms with Crippen molar-refractivity contribution in [3.05, 3.63) is 35.4 Å². The molecular formula is C11H10F2O2. The third kappa shape index (κ3) is 1.40. The number of carboxylic acid groups (broad SMARTS) is 1. The molecule has 80 valence electrons. The Morgan fingerprint density at radius 3 is 2.40 bits per heavy atom. The third-order valence-electron chi connectivity index (χ3n) is 3.07. The van der Waals surface area contributed by atoms with Crippen molar-refractivity contribution in [2.75, 3.05) is 0 Å². The van der Waals surface area contributed by atoms with Crippen LogP contribution in [0.25, 0.3) is 0 Å². The van der Waals surface area contributed by atoms with Crippen molar-refractivity contribution in [2.24, 2.45) is 5.92 Å². The average molecular weight is 212 g/mol. The molecule has 0 aromatic heterocycles. The maximum Gasteiger partial charge on any atom is 0.307 e. The summed E-state index contributed by atoms with van der Waals surface area (Å²) in [7, 11) is 0. The maximum absolute atomic E-state index is 13.4. The SMILES string of the molecule is C[C@@]1(c2c(F)cccc2F)C[C@H]1C(=O)O.